The van der Waals surface area contributed by atoms with Gasteiger partial charge in [0.2, 0.25) is 0 Å². The predicted octanol–water partition coefficient (Wildman–Crippen LogP) is 3.54. The molecule has 6 heteroatoms. The molecule has 0 radical (unpaired) electrons. The molecular formula is C13H13F4NO. The molecule has 0 heterocycles. The Morgan fingerprint density at radius 2 is 1.95 bits per heavy atom. The second-order valence-electron chi connectivity index (χ2n) is 4.18. The first kappa shape index (κ1) is 15.2. The van der Waals surface area contributed by atoms with E-state index in [-0.39, 0.29) is 6.54 Å². The van der Waals surface area contributed by atoms with Gasteiger partial charge in [-0.1, -0.05) is 11.6 Å². The maximum absolute atomic E-state index is 13.4. The second kappa shape index (κ2) is 5.86. The summed E-state index contributed by atoms with van der Waals surface area (Å²) in [5.41, 5.74) is -0.733. The minimum absolute atomic E-state index is 0.136. The second-order valence-corrected chi connectivity index (χ2v) is 4.18. The van der Waals surface area contributed by atoms with Gasteiger partial charge in [-0.05, 0) is 32.0 Å². The Balaban J connectivity index is 2.93. The fraction of sp³-hybridized carbons (Fsp3) is 0.308. The molecule has 0 saturated heterocycles. The number of allylic oxidation sites excluding steroid dienone is 1. The molecule has 2 nitrogen and oxygen atoms in total. The van der Waals surface area contributed by atoms with Crippen LogP contribution in [-0.4, -0.2) is 12.5 Å². The molecule has 0 unspecified atom stereocenters. The largest absolute Gasteiger partial charge is 0.416 e. The third-order valence-corrected chi connectivity index (χ3v) is 2.31. The first-order valence-electron chi connectivity index (χ1n) is 5.50. The van der Waals surface area contributed by atoms with Crippen LogP contribution >= 0.6 is 0 Å². The molecule has 1 aromatic rings. The Kier molecular flexibility index (Phi) is 4.69. The van der Waals surface area contributed by atoms with Crippen molar-refractivity contribution < 1.29 is 22.4 Å². The SMILES string of the molecule is CC(C)=CCNC(=O)c1cc(C(F)(F)F)ccc1F. The maximum Gasteiger partial charge on any atom is 0.416 e. The van der Waals surface area contributed by atoms with Crippen molar-refractivity contribution in [3.63, 3.8) is 0 Å². The van der Waals surface area contributed by atoms with Gasteiger partial charge in [0.1, 0.15) is 5.82 Å². The van der Waals surface area contributed by atoms with Crippen LogP contribution in [0.5, 0.6) is 0 Å². The van der Waals surface area contributed by atoms with Gasteiger partial charge in [0.15, 0.2) is 0 Å². The van der Waals surface area contributed by atoms with Crippen LogP contribution in [0.25, 0.3) is 0 Å². The van der Waals surface area contributed by atoms with Crippen molar-refractivity contribution in [2.45, 2.75) is 20.0 Å². The molecule has 1 aromatic carbocycles. The molecule has 0 bridgehead atoms. The number of benzene rings is 1. The molecule has 0 aliphatic rings. The molecule has 0 spiro atoms. The molecule has 1 amide bonds. The van der Waals surface area contributed by atoms with Crippen LogP contribution in [0.15, 0.2) is 29.8 Å². The average Bonchev–Trinajstić information content (AvgIpc) is 2.27. The van der Waals surface area contributed by atoms with E-state index in [0.717, 1.165) is 5.57 Å². The Labute approximate surface area is 108 Å². The number of halogens is 4. The standard InChI is InChI=1S/C13H13F4NO/c1-8(2)5-6-18-12(19)10-7-9(13(15,16)17)3-4-11(10)14/h3-5,7H,6H2,1-2H3,(H,18,19). The minimum Gasteiger partial charge on any atom is -0.348 e. The van der Waals surface area contributed by atoms with Gasteiger partial charge in [-0.25, -0.2) is 4.39 Å². The summed E-state index contributed by atoms with van der Waals surface area (Å²) in [7, 11) is 0. The zero-order valence-corrected chi connectivity index (χ0v) is 10.4. The van der Waals surface area contributed by atoms with E-state index >= 15 is 0 Å². The first-order chi connectivity index (χ1) is 8.71. The van der Waals surface area contributed by atoms with Gasteiger partial charge in [-0.15, -0.1) is 0 Å². The Morgan fingerprint density at radius 3 is 2.47 bits per heavy atom. The molecule has 1 N–H and O–H groups in total. The molecule has 104 valence electrons. The van der Waals surface area contributed by atoms with Gasteiger partial charge in [0.25, 0.3) is 5.91 Å². The quantitative estimate of drug-likeness (QED) is 0.663. The summed E-state index contributed by atoms with van der Waals surface area (Å²) in [5.74, 6) is -1.86. The molecule has 0 atom stereocenters. The number of rotatable bonds is 3. The average molecular weight is 275 g/mol. The van der Waals surface area contributed by atoms with E-state index in [0.29, 0.717) is 18.2 Å². The number of carbonyl (C=O) groups excluding carboxylic acids is 1. The lowest BCUT2D eigenvalue weighted by atomic mass is 10.1. The van der Waals surface area contributed by atoms with Crippen molar-refractivity contribution >= 4 is 5.91 Å². The topological polar surface area (TPSA) is 29.1 Å². The van der Waals surface area contributed by atoms with E-state index in [9.17, 15) is 22.4 Å². The molecule has 19 heavy (non-hydrogen) atoms. The number of nitrogens with one attached hydrogen (secondary N) is 1. The van der Waals surface area contributed by atoms with Crippen LogP contribution in [0.3, 0.4) is 0 Å². The zero-order valence-electron chi connectivity index (χ0n) is 10.4. The summed E-state index contributed by atoms with van der Waals surface area (Å²) in [6, 6.07) is 1.74. The summed E-state index contributed by atoms with van der Waals surface area (Å²) in [6.07, 6.45) is -2.94. The van der Waals surface area contributed by atoms with Crippen LogP contribution in [0.1, 0.15) is 29.8 Å². The van der Waals surface area contributed by atoms with Crippen molar-refractivity contribution in [3.8, 4) is 0 Å². The Morgan fingerprint density at radius 1 is 1.32 bits per heavy atom. The zero-order chi connectivity index (χ0) is 14.6. The van der Waals surface area contributed by atoms with Gasteiger partial charge >= 0.3 is 6.18 Å². The summed E-state index contributed by atoms with van der Waals surface area (Å²) in [4.78, 5) is 11.6. The summed E-state index contributed by atoms with van der Waals surface area (Å²) < 4.78 is 50.7. The van der Waals surface area contributed by atoms with Gasteiger partial charge in [-0.2, -0.15) is 13.2 Å². The highest BCUT2D eigenvalue weighted by atomic mass is 19.4. The van der Waals surface area contributed by atoms with Crippen LogP contribution in [0.4, 0.5) is 17.6 Å². The minimum atomic E-state index is -4.61. The van der Waals surface area contributed by atoms with Crippen LogP contribution < -0.4 is 5.32 Å². The number of alkyl halides is 3. The van der Waals surface area contributed by atoms with Gasteiger partial charge < -0.3 is 5.32 Å². The van der Waals surface area contributed by atoms with E-state index in [1.54, 1.807) is 19.9 Å². The lowest BCUT2D eigenvalue weighted by Crippen LogP contribution is -2.25. The van der Waals surface area contributed by atoms with E-state index in [1.165, 1.54) is 0 Å². The predicted molar refractivity (Wildman–Crippen MR) is 63.2 cm³/mol. The van der Waals surface area contributed by atoms with E-state index in [1.807, 2.05) is 0 Å². The van der Waals surface area contributed by atoms with E-state index in [4.69, 9.17) is 0 Å². The molecule has 0 aliphatic heterocycles. The first-order valence-corrected chi connectivity index (χ1v) is 5.50. The third kappa shape index (κ3) is 4.39. The Bertz CT molecular complexity index is 502. The number of hydrogen-bond donors (Lipinski definition) is 1. The van der Waals surface area contributed by atoms with Crippen molar-refractivity contribution in [1.82, 2.24) is 5.32 Å². The summed E-state index contributed by atoms with van der Waals surface area (Å²) in [5, 5.41) is 2.33. The number of hydrogen-bond acceptors (Lipinski definition) is 1. The normalized spacial score (nSPS) is 11.1. The summed E-state index contributed by atoms with van der Waals surface area (Å²) in [6.45, 7) is 3.74. The highest BCUT2D eigenvalue weighted by molar-refractivity contribution is 5.94. The van der Waals surface area contributed by atoms with Crippen molar-refractivity contribution in [1.29, 1.82) is 0 Å². The maximum atomic E-state index is 13.4. The van der Waals surface area contributed by atoms with Crippen molar-refractivity contribution in [3.05, 3.63) is 46.8 Å². The van der Waals surface area contributed by atoms with E-state index in [2.05, 4.69) is 5.32 Å². The monoisotopic (exact) mass is 275 g/mol. The van der Waals surface area contributed by atoms with Crippen LogP contribution in [0, 0.1) is 5.82 Å². The highest BCUT2D eigenvalue weighted by Crippen LogP contribution is 2.30. The van der Waals surface area contributed by atoms with Gasteiger partial charge in [-0.3, -0.25) is 4.79 Å². The molecular weight excluding hydrogens is 262 g/mol. The van der Waals surface area contributed by atoms with E-state index < -0.39 is 29.0 Å². The van der Waals surface area contributed by atoms with Crippen molar-refractivity contribution in [2.24, 2.45) is 0 Å². The third-order valence-electron chi connectivity index (χ3n) is 2.31. The fourth-order valence-electron chi connectivity index (χ4n) is 1.32. The molecule has 0 fully saturated rings. The molecule has 1 rings (SSSR count). The van der Waals surface area contributed by atoms with Gasteiger partial charge in [0, 0.05) is 6.54 Å². The number of amides is 1. The number of carbonyl (C=O) groups is 1. The lowest BCUT2D eigenvalue weighted by molar-refractivity contribution is -0.137. The fourth-order valence-corrected chi connectivity index (χ4v) is 1.32. The summed E-state index contributed by atoms with van der Waals surface area (Å²) >= 11 is 0. The molecule has 0 aliphatic carbocycles. The lowest BCUT2D eigenvalue weighted by Gasteiger charge is -2.09. The smallest absolute Gasteiger partial charge is 0.348 e. The van der Waals surface area contributed by atoms with Crippen molar-refractivity contribution in [2.75, 3.05) is 6.54 Å². The molecule has 0 aromatic heterocycles. The van der Waals surface area contributed by atoms with Crippen LogP contribution in [0.2, 0.25) is 0 Å². The molecule has 0 saturated carbocycles. The Hall–Kier alpha value is -1.85. The van der Waals surface area contributed by atoms with Crippen LogP contribution in [-0.2, 0) is 6.18 Å². The highest BCUT2D eigenvalue weighted by Gasteiger charge is 2.31. The van der Waals surface area contributed by atoms with Gasteiger partial charge in [0.05, 0.1) is 11.1 Å².